The van der Waals surface area contributed by atoms with Crippen LogP contribution in [0.25, 0.3) is 10.9 Å². The van der Waals surface area contributed by atoms with E-state index in [2.05, 4.69) is 21.4 Å². The largest absolute Gasteiger partial charge is 0.361 e. The summed E-state index contributed by atoms with van der Waals surface area (Å²) >= 11 is 1.40. The number of carbonyl (C=O) groups excluding carboxylic acids is 2. The fourth-order valence-corrected chi connectivity index (χ4v) is 4.18. The van der Waals surface area contributed by atoms with Gasteiger partial charge in [0, 0.05) is 48.2 Å². The van der Waals surface area contributed by atoms with E-state index in [0.29, 0.717) is 24.5 Å². The Kier molecular flexibility index (Phi) is 5.20. The van der Waals surface area contributed by atoms with E-state index >= 15 is 0 Å². The summed E-state index contributed by atoms with van der Waals surface area (Å²) in [6.45, 7) is 1.22. The average molecular weight is 382 g/mol. The van der Waals surface area contributed by atoms with Crippen LogP contribution in [0.1, 0.15) is 24.8 Å². The molecule has 1 atom stereocenters. The first kappa shape index (κ1) is 17.7. The zero-order valence-electron chi connectivity index (χ0n) is 15.0. The summed E-state index contributed by atoms with van der Waals surface area (Å²) in [5, 5.41) is 6.47. The van der Waals surface area contributed by atoms with Crippen molar-refractivity contribution in [1.29, 1.82) is 0 Å². The summed E-state index contributed by atoms with van der Waals surface area (Å²) in [7, 11) is 0. The summed E-state index contributed by atoms with van der Waals surface area (Å²) < 4.78 is 0. The predicted molar refractivity (Wildman–Crippen MR) is 107 cm³/mol. The van der Waals surface area contributed by atoms with Gasteiger partial charge in [0.05, 0.1) is 5.92 Å². The molecule has 4 rings (SSSR count). The molecule has 0 spiro atoms. The minimum absolute atomic E-state index is 0.0425. The lowest BCUT2D eigenvalue weighted by Crippen LogP contribution is -2.43. The van der Waals surface area contributed by atoms with Crippen LogP contribution in [0.4, 0.5) is 5.13 Å². The monoisotopic (exact) mass is 382 g/mol. The number of H-pyrrole nitrogens is 1. The third-order valence-corrected chi connectivity index (χ3v) is 5.78. The molecule has 1 fully saturated rings. The highest BCUT2D eigenvalue weighted by atomic mass is 32.1. The van der Waals surface area contributed by atoms with Gasteiger partial charge in [-0.3, -0.25) is 9.59 Å². The number of anilines is 1. The first-order valence-corrected chi connectivity index (χ1v) is 10.1. The first-order valence-electron chi connectivity index (χ1n) is 9.24. The maximum Gasteiger partial charge on any atom is 0.231 e. The lowest BCUT2D eigenvalue weighted by Gasteiger charge is -2.32. The van der Waals surface area contributed by atoms with Crippen LogP contribution in [0.3, 0.4) is 0 Å². The molecule has 0 radical (unpaired) electrons. The van der Waals surface area contributed by atoms with E-state index in [1.165, 1.54) is 16.7 Å². The number of amides is 2. The zero-order valence-corrected chi connectivity index (χ0v) is 15.8. The average Bonchev–Trinajstić information content (AvgIpc) is 3.36. The van der Waals surface area contributed by atoms with Crippen molar-refractivity contribution in [3.05, 3.63) is 47.6 Å². The molecule has 27 heavy (non-hydrogen) atoms. The molecule has 3 aromatic rings. The number of thiazole rings is 1. The molecule has 2 amide bonds. The molecule has 0 saturated carbocycles. The minimum atomic E-state index is -0.167. The van der Waals surface area contributed by atoms with Gasteiger partial charge in [-0.15, -0.1) is 11.3 Å². The van der Waals surface area contributed by atoms with E-state index in [0.717, 1.165) is 30.5 Å². The Morgan fingerprint density at radius 1 is 1.33 bits per heavy atom. The van der Waals surface area contributed by atoms with Crippen LogP contribution in [-0.4, -0.2) is 39.8 Å². The maximum atomic E-state index is 12.7. The number of likely N-dealkylation sites (tertiary alicyclic amines) is 1. The highest BCUT2D eigenvalue weighted by Gasteiger charge is 2.28. The Labute approximate surface area is 161 Å². The Bertz CT molecular complexity index is 935. The Morgan fingerprint density at radius 2 is 2.22 bits per heavy atom. The first-order chi connectivity index (χ1) is 13.2. The van der Waals surface area contributed by atoms with Crippen molar-refractivity contribution >= 4 is 39.2 Å². The van der Waals surface area contributed by atoms with Gasteiger partial charge in [-0.25, -0.2) is 4.98 Å². The lowest BCUT2D eigenvalue weighted by molar-refractivity contribution is -0.134. The lowest BCUT2D eigenvalue weighted by atomic mass is 9.96. The van der Waals surface area contributed by atoms with Crippen molar-refractivity contribution in [3.63, 3.8) is 0 Å². The second-order valence-electron chi connectivity index (χ2n) is 6.86. The Morgan fingerprint density at radius 3 is 3.07 bits per heavy atom. The number of fused-ring (bicyclic) bond motifs is 1. The molecular formula is C20H22N4O2S. The highest BCUT2D eigenvalue weighted by Crippen LogP contribution is 2.22. The molecule has 6 nitrogen and oxygen atoms in total. The second kappa shape index (κ2) is 7.92. The van der Waals surface area contributed by atoms with E-state index in [9.17, 15) is 9.59 Å². The van der Waals surface area contributed by atoms with E-state index in [1.807, 2.05) is 34.7 Å². The SMILES string of the molecule is O=C(Nc1nccs1)C1CCCN(C(=O)CCc2c[nH]c3ccccc23)C1. The molecular weight excluding hydrogens is 360 g/mol. The second-order valence-corrected chi connectivity index (χ2v) is 7.76. The van der Waals surface area contributed by atoms with Crippen molar-refractivity contribution in [2.24, 2.45) is 5.92 Å². The minimum Gasteiger partial charge on any atom is -0.361 e. The van der Waals surface area contributed by atoms with Crippen LogP contribution in [0, 0.1) is 5.92 Å². The number of piperidine rings is 1. The normalized spacial score (nSPS) is 17.2. The van der Waals surface area contributed by atoms with E-state index < -0.39 is 0 Å². The number of benzene rings is 1. The van der Waals surface area contributed by atoms with Crippen molar-refractivity contribution in [3.8, 4) is 0 Å². The summed E-state index contributed by atoms with van der Waals surface area (Å²) in [6, 6.07) is 8.12. The molecule has 1 aliphatic rings. The molecule has 7 heteroatoms. The number of hydrogen-bond donors (Lipinski definition) is 2. The summed E-state index contributed by atoms with van der Waals surface area (Å²) in [4.78, 5) is 34.3. The zero-order chi connectivity index (χ0) is 18.6. The highest BCUT2D eigenvalue weighted by molar-refractivity contribution is 7.13. The molecule has 0 aliphatic carbocycles. The van der Waals surface area contributed by atoms with Gasteiger partial charge in [-0.2, -0.15) is 0 Å². The van der Waals surface area contributed by atoms with Crippen LogP contribution in [-0.2, 0) is 16.0 Å². The predicted octanol–water partition coefficient (Wildman–Crippen LogP) is 3.43. The van der Waals surface area contributed by atoms with E-state index in [1.54, 1.807) is 6.20 Å². The van der Waals surface area contributed by atoms with Gasteiger partial charge in [0.15, 0.2) is 5.13 Å². The number of hydrogen-bond acceptors (Lipinski definition) is 4. The topological polar surface area (TPSA) is 78.1 Å². The number of rotatable bonds is 5. The molecule has 2 N–H and O–H groups in total. The summed E-state index contributed by atoms with van der Waals surface area (Å²) in [5.74, 6) is -0.0919. The fourth-order valence-electron chi connectivity index (χ4n) is 3.65. The van der Waals surface area contributed by atoms with Gasteiger partial charge in [0.25, 0.3) is 0 Å². The molecule has 1 unspecified atom stereocenters. The van der Waals surface area contributed by atoms with Crippen LogP contribution >= 0.6 is 11.3 Å². The number of para-hydroxylation sites is 1. The maximum absolute atomic E-state index is 12.7. The van der Waals surface area contributed by atoms with Gasteiger partial charge in [0.2, 0.25) is 11.8 Å². The number of aromatic nitrogens is 2. The molecule has 1 aliphatic heterocycles. The third-order valence-electron chi connectivity index (χ3n) is 5.09. The van der Waals surface area contributed by atoms with Gasteiger partial charge in [0.1, 0.15) is 0 Å². The molecule has 140 valence electrons. The molecule has 2 aromatic heterocycles. The summed E-state index contributed by atoms with van der Waals surface area (Å²) in [5.41, 5.74) is 2.26. The number of aromatic amines is 1. The van der Waals surface area contributed by atoms with E-state index in [4.69, 9.17) is 0 Å². The van der Waals surface area contributed by atoms with Crippen LogP contribution in [0.2, 0.25) is 0 Å². The number of nitrogens with zero attached hydrogens (tertiary/aromatic N) is 2. The molecule has 1 saturated heterocycles. The summed E-state index contributed by atoms with van der Waals surface area (Å²) in [6.07, 6.45) is 6.48. The number of aryl methyl sites for hydroxylation is 1. The third kappa shape index (κ3) is 4.03. The van der Waals surface area contributed by atoms with Crippen molar-refractivity contribution in [1.82, 2.24) is 14.9 Å². The van der Waals surface area contributed by atoms with Crippen LogP contribution in [0.15, 0.2) is 42.0 Å². The van der Waals surface area contributed by atoms with Gasteiger partial charge in [-0.05, 0) is 30.9 Å². The van der Waals surface area contributed by atoms with Crippen LogP contribution < -0.4 is 5.32 Å². The number of carbonyl (C=O) groups is 2. The van der Waals surface area contributed by atoms with Gasteiger partial charge < -0.3 is 15.2 Å². The number of nitrogens with one attached hydrogen (secondary N) is 2. The van der Waals surface area contributed by atoms with Crippen LogP contribution in [0.5, 0.6) is 0 Å². The van der Waals surface area contributed by atoms with E-state index in [-0.39, 0.29) is 17.7 Å². The quantitative estimate of drug-likeness (QED) is 0.710. The molecule has 1 aromatic carbocycles. The Balaban J connectivity index is 1.33. The van der Waals surface area contributed by atoms with Crippen molar-refractivity contribution in [2.45, 2.75) is 25.7 Å². The smallest absolute Gasteiger partial charge is 0.231 e. The van der Waals surface area contributed by atoms with Gasteiger partial charge in [-0.1, -0.05) is 18.2 Å². The Hall–Kier alpha value is -2.67. The van der Waals surface area contributed by atoms with Crippen molar-refractivity contribution < 1.29 is 9.59 Å². The molecule has 3 heterocycles. The standard InChI is InChI=1S/C20H22N4O2S/c25-18(8-7-14-12-22-17-6-2-1-5-16(14)17)24-10-3-4-15(13-24)19(26)23-20-21-9-11-27-20/h1-2,5-6,9,11-12,15,22H,3-4,7-8,10,13H2,(H,21,23,26). The van der Waals surface area contributed by atoms with Crippen molar-refractivity contribution in [2.75, 3.05) is 18.4 Å². The molecule has 0 bridgehead atoms. The van der Waals surface area contributed by atoms with Gasteiger partial charge >= 0.3 is 0 Å². The fraction of sp³-hybridized carbons (Fsp3) is 0.350.